The predicted molar refractivity (Wildman–Crippen MR) is 96.7 cm³/mol. The molecule has 1 aromatic heterocycles. The molecule has 1 atom stereocenters. The number of nitrogens with two attached hydrogens (primary N) is 1. The largest absolute Gasteiger partial charge is 0.508 e. The first kappa shape index (κ1) is 15.8. The lowest BCUT2D eigenvalue weighted by Crippen LogP contribution is -2.25. The molecule has 2 aromatic carbocycles. The number of aromatic hydroxyl groups is 1. The minimum Gasteiger partial charge on any atom is -0.508 e. The number of hydrogen-bond acceptors (Lipinski definition) is 5. The molecule has 0 amide bonds. The van der Waals surface area contributed by atoms with Gasteiger partial charge < -0.3 is 20.6 Å². The number of allylic oxidation sites excluding steroid dienone is 1. The van der Waals surface area contributed by atoms with E-state index in [0.717, 1.165) is 16.5 Å². The Morgan fingerprint density at radius 2 is 2.00 bits per heavy atom. The van der Waals surface area contributed by atoms with Gasteiger partial charge in [0, 0.05) is 22.7 Å². The van der Waals surface area contributed by atoms with E-state index in [2.05, 4.69) is 11.1 Å². The summed E-state index contributed by atoms with van der Waals surface area (Å²) >= 11 is 0. The van der Waals surface area contributed by atoms with E-state index >= 15 is 0 Å². The van der Waals surface area contributed by atoms with E-state index in [0.29, 0.717) is 16.9 Å². The van der Waals surface area contributed by atoms with Crippen molar-refractivity contribution in [2.45, 2.75) is 12.8 Å². The second-order valence-corrected chi connectivity index (χ2v) is 6.29. The Morgan fingerprint density at radius 3 is 2.77 bits per heavy atom. The lowest BCUT2D eigenvalue weighted by molar-refractivity contribution is 0.388. The molecule has 1 aliphatic rings. The standard InChI is InChI=1S/C20H15N3O3/c1-10-2-5-16-11(6-10)7-14(20(25)23-16)18-13-4-3-12(24)8-17(13)26-19(22)15(18)9-21/h2-8,18,24H,22H2,1H3,(H,23,25)/t18-/m0/s1. The van der Waals surface area contributed by atoms with Crippen LogP contribution in [-0.4, -0.2) is 10.1 Å². The number of nitrogens with zero attached hydrogens (tertiary/aromatic N) is 1. The van der Waals surface area contributed by atoms with Crippen LogP contribution in [0.15, 0.2) is 58.7 Å². The Labute approximate surface area is 148 Å². The van der Waals surface area contributed by atoms with Crippen LogP contribution >= 0.6 is 0 Å². The smallest absolute Gasteiger partial charge is 0.252 e. The number of rotatable bonds is 1. The van der Waals surface area contributed by atoms with Gasteiger partial charge in [0.25, 0.3) is 5.56 Å². The van der Waals surface area contributed by atoms with Crippen molar-refractivity contribution in [3.63, 3.8) is 0 Å². The predicted octanol–water partition coefficient (Wildman–Crippen LogP) is 2.76. The number of phenolic OH excluding ortho intramolecular Hbond substituents is 1. The minimum atomic E-state index is -0.669. The molecule has 0 fully saturated rings. The number of phenols is 1. The van der Waals surface area contributed by atoms with Gasteiger partial charge in [0.1, 0.15) is 23.1 Å². The van der Waals surface area contributed by atoms with E-state index in [-0.39, 0.29) is 22.8 Å². The fraction of sp³-hybridized carbons (Fsp3) is 0.100. The number of aryl methyl sites for hydroxylation is 1. The number of benzene rings is 2. The summed E-state index contributed by atoms with van der Waals surface area (Å²) in [5.41, 5.74) is 8.56. The first-order chi connectivity index (χ1) is 12.5. The van der Waals surface area contributed by atoms with Gasteiger partial charge in [0.2, 0.25) is 5.88 Å². The molecule has 1 aliphatic heterocycles. The van der Waals surface area contributed by atoms with Crippen LogP contribution in [0, 0.1) is 18.3 Å². The molecular weight excluding hydrogens is 330 g/mol. The topological polar surface area (TPSA) is 112 Å². The molecular formula is C20H15N3O3. The molecule has 6 heteroatoms. The highest BCUT2D eigenvalue weighted by Gasteiger charge is 2.32. The van der Waals surface area contributed by atoms with Gasteiger partial charge in [-0.15, -0.1) is 0 Å². The normalized spacial score (nSPS) is 16.1. The van der Waals surface area contributed by atoms with Gasteiger partial charge in [-0.2, -0.15) is 5.26 Å². The van der Waals surface area contributed by atoms with Crippen LogP contribution in [-0.2, 0) is 0 Å². The van der Waals surface area contributed by atoms with Crippen LogP contribution in [0.3, 0.4) is 0 Å². The highest BCUT2D eigenvalue weighted by molar-refractivity contribution is 5.80. The maximum absolute atomic E-state index is 12.7. The van der Waals surface area contributed by atoms with Crippen molar-refractivity contribution in [3.05, 3.63) is 81.0 Å². The van der Waals surface area contributed by atoms with Gasteiger partial charge in [-0.1, -0.05) is 17.7 Å². The van der Waals surface area contributed by atoms with Crippen molar-refractivity contribution in [1.82, 2.24) is 4.98 Å². The molecule has 6 nitrogen and oxygen atoms in total. The van der Waals surface area contributed by atoms with Crippen LogP contribution < -0.4 is 16.0 Å². The third kappa shape index (κ3) is 2.38. The first-order valence-electron chi connectivity index (χ1n) is 8.02. The Hall–Kier alpha value is -3.72. The number of H-pyrrole nitrogens is 1. The van der Waals surface area contributed by atoms with E-state index in [1.54, 1.807) is 12.1 Å². The average Bonchev–Trinajstić information content (AvgIpc) is 2.60. The lowest BCUT2D eigenvalue weighted by atomic mass is 9.83. The van der Waals surface area contributed by atoms with E-state index in [9.17, 15) is 15.2 Å². The summed E-state index contributed by atoms with van der Waals surface area (Å²) in [6.07, 6.45) is 0. The summed E-state index contributed by atoms with van der Waals surface area (Å²) < 4.78 is 5.48. The second-order valence-electron chi connectivity index (χ2n) is 6.29. The van der Waals surface area contributed by atoms with Gasteiger partial charge in [-0.25, -0.2) is 0 Å². The molecule has 3 aromatic rings. The number of nitrogens with one attached hydrogen (secondary N) is 1. The van der Waals surface area contributed by atoms with Crippen LogP contribution in [0.25, 0.3) is 10.9 Å². The number of fused-ring (bicyclic) bond motifs is 2. The van der Waals surface area contributed by atoms with E-state index in [1.165, 1.54) is 12.1 Å². The summed E-state index contributed by atoms with van der Waals surface area (Å²) in [5.74, 6) is -0.397. The lowest BCUT2D eigenvalue weighted by Gasteiger charge is -2.26. The third-order valence-corrected chi connectivity index (χ3v) is 4.54. The third-order valence-electron chi connectivity index (χ3n) is 4.54. The number of hydrogen-bond donors (Lipinski definition) is 3. The van der Waals surface area contributed by atoms with Gasteiger partial charge >= 0.3 is 0 Å². The molecule has 0 unspecified atom stereocenters. The zero-order chi connectivity index (χ0) is 18.4. The van der Waals surface area contributed by atoms with Crippen LogP contribution in [0.1, 0.15) is 22.6 Å². The summed E-state index contributed by atoms with van der Waals surface area (Å²) in [4.78, 5) is 15.6. The van der Waals surface area contributed by atoms with E-state index in [1.807, 2.05) is 25.1 Å². The second kappa shape index (κ2) is 5.67. The fourth-order valence-electron chi connectivity index (χ4n) is 3.32. The summed E-state index contributed by atoms with van der Waals surface area (Å²) in [6, 6.07) is 14.1. The molecule has 2 heterocycles. The molecule has 0 radical (unpaired) electrons. The first-order valence-corrected chi connectivity index (χ1v) is 8.02. The van der Waals surface area contributed by atoms with Gasteiger partial charge in [0.15, 0.2) is 0 Å². The Kier molecular flexibility index (Phi) is 3.44. The van der Waals surface area contributed by atoms with Gasteiger partial charge in [0.05, 0.1) is 5.92 Å². The molecule has 0 bridgehead atoms. The molecule has 4 N–H and O–H groups in total. The Bertz CT molecular complexity index is 1190. The fourth-order valence-corrected chi connectivity index (χ4v) is 3.32. The van der Waals surface area contributed by atoms with E-state index in [4.69, 9.17) is 10.5 Å². The maximum atomic E-state index is 12.7. The zero-order valence-corrected chi connectivity index (χ0v) is 13.9. The molecule has 4 rings (SSSR count). The van der Waals surface area contributed by atoms with Crippen molar-refractivity contribution in [3.8, 4) is 17.6 Å². The number of ether oxygens (including phenoxy) is 1. The van der Waals surface area contributed by atoms with Gasteiger partial charge in [-0.3, -0.25) is 4.79 Å². The SMILES string of the molecule is Cc1ccc2[nH]c(=O)c([C@H]3C(C#N)=C(N)Oc4cc(O)ccc43)cc2c1. The number of nitriles is 1. The quantitative estimate of drug-likeness (QED) is 0.628. The molecule has 0 saturated carbocycles. The van der Waals surface area contributed by atoms with Crippen molar-refractivity contribution >= 4 is 10.9 Å². The summed E-state index contributed by atoms with van der Waals surface area (Å²) in [5, 5.41) is 20.2. The molecule has 128 valence electrons. The number of pyridine rings is 1. The van der Waals surface area contributed by atoms with Crippen LogP contribution in [0.5, 0.6) is 11.5 Å². The molecule has 0 saturated heterocycles. The van der Waals surface area contributed by atoms with Crippen molar-refractivity contribution in [1.29, 1.82) is 5.26 Å². The van der Waals surface area contributed by atoms with Crippen LogP contribution in [0.4, 0.5) is 0 Å². The van der Waals surface area contributed by atoms with Crippen molar-refractivity contribution in [2.24, 2.45) is 5.73 Å². The number of aromatic nitrogens is 1. The Morgan fingerprint density at radius 1 is 1.19 bits per heavy atom. The Balaban J connectivity index is 2.02. The summed E-state index contributed by atoms with van der Waals surface area (Å²) in [6.45, 7) is 1.97. The monoisotopic (exact) mass is 345 g/mol. The molecule has 26 heavy (non-hydrogen) atoms. The highest BCUT2D eigenvalue weighted by atomic mass is 16.5. The van der Waals surface area contributed by atoms with Gasteiger partial charge in [-0.05, 0) is 36.6 Å². The highest BCUT2D eigenvalue weighted by Crippen LogP contribution is 2.42. The maximum Gasteiger partial charge on any atom is 0.252 e. The average molecular weight is 345 g/mol. The number of aromatic amines is 1. The minimum absolute atomic E-state index is 0.0127. The van der Waals surface area contributed by atoms with E-state index < -0.39 is 5.92 Å². The van der Waals surface area contributed by atoms with Crippen LogP contribution in [0.2, 0.25) is 0 Å². The van der Waals surface area contributed by atoms with Crippen molar-refractivity contribution < 1.29 is 9.84 Å². The molecule has 0 aliphatic carbocycles. The molecule has 0 spiro atoms. The zero-order valence-electron chi connectivity index (χ0n) is 13.9. The van der Waals surface area contributed by atoms with Crippen molar-refractivity contribution in [2.75, 3.05) is 0 Å². The summed E-state index contributed by atoms with van der Waals surface area (Å²) in [7, 11) is 0.